The molecule has 1 atom stereocenters. The SMILES string of the molecule is Cc1cccc(C(CN)N(C)Cc2cnn(C)c2)c1C. The molecule has 0 radical (unpaired) electrons. The first-order chi connectivity index (χ1) is 9.52. The molecule has 20 heavy (non-hydrogen) atoms. The molecule has 1 heterocycles. The van der Waals surface area contributed by atoms with Crippen molar-refractivity contribution in [3.05, 3.63) is 52.8 Å². The van der Waals surface area contributed by atoms with Gasteiger partial charge in [-0.2, -0.15) is 5.10 Å². The summed E-state index contributed by atoms with van der Waals surface area (Å²) in [6.07, 6.45) is 3.96. The molecule has 4 heteroatoms. The number of rotatable bonds is 5. The first kappa shape index (κ1) is 14.8. The molecule has 2 aromatic rings. The summed E-state index contributed by atoms with van der Waals surface area (Å²) >= 11 is 0. The maximum Gasteiger partial charge on any atom is 0.0534 e. The fraction of sp³-hybridized carbons (Fsp3) is 0.438. The molecule has 0 aliphatic carbocycles. The van der Waals surface area contributed by atoms with E-state index >= 15 is 0 Å². The molecular formula is C16H24N4. The predicted molar refractivity (Wildman–Crippen MR) is 82.4 cm³/mol. The number of hydrogen-bond donors (Lipinski definition) is 1. The normalized spacial score (nSPS) is 12.9. The Labute approximate surface area is 121 Å². The van der Waals surface area contributed by atoms with Crippen molar-refractivity contribution in [2.75, 3.05) is 13.6 Å². The van der Waals surface area contributed by atoms with Crippen LogP contribution in [0.5, 0.6) is 0 Å². The van der Waals surface area contributed by atoms with Crippen LogP contribution in [0.4, 0.5) is 0 Å². The van der Waals surface area contributed by atoms with Gasteiger partial charge in [0, 0.05) is 37.9 Å². The fourth-order valence-electron chi connectivity index (χ4n) is 2.63. The number of benzene rings is 1. The number of aryl methyl sites for hydroxylation is 2. The van der Waals surface area contributed by atoms with E-state index in [9.17, 15) is 0 Å². The Morgan fingerprint density at radius 2 is 2.10 bits per heavy atom. The zero-order valence-corrected chi connectivity index (χ0v) is 12.8. The number of hydrogen-bond acceptors (Lipinski definition) is 3. The van der Waals surface area contributed by atoms with Crippen molar-refractivity contribution in [2.45, 2.75) is 26.4 Å². The van der Waals surface area contributed by atoms with Crippen LogP contribution in [-0.2, 0) is 13.6 Å². The topological polar surface area (TPSA) is 47.1 Å². The van der Waals surface area contributed by atoms with Crippen LogP contribution in [0.25, 0.3) is 0 Å². The Kier molecular flexibility index (Phi) is 4.57. The van der Waals surface area contributed by atoms with Crippen molar-refractivity contribution >= 4 is 0 Å². The largest absolute Gasteiger partial charge is 0.329 e. The predicted octanol–water partition coefficient (Wildman–Crippen LogP) is 2.17. The monoisotopic (exact) mass is 272 g/mol. The van der Waals surface area contributed by atoms with Gasteiger partial charge in [0.25, 0.3) is 0 Å². The van der Waals surface area contributed by atoms with Crippen LogP contribution in [-0.4, -0.2) is 28.3 Å². The van der Waals surface area contributed by atoms with Crippen LogP contribution in [0.1, 0.15) is 28.3 Å². The van der Waals surface area contributed by atoms with E-state index in [2.05, 4.69) is 49.1 Å². The van der Waals surface area contributed by atoms with E-state index in [4.69, 9.17) is 5.73 Å². The van der Waals surface area contributed by atoms with E-state index in [0.29, 0.717) is 6.54 Å². The molecule has 1 aromatic carbocycles. The van der Waals surface area contributed by atoms with Gasteiger partial charge in [-0.05, 0) is 37.6 Å². The molecule has 4 nitrogen and oxygen atoms in total. The van der Waals surface area contributed by atoms with Gasteiger partial charge in [-0.15, -0.1) is 0 Å². The van der Waals surface area contributed by atoms with Gasteiger partial charge in [-0.1, -0.05) is 18.2 Å². The minimum atomic E-state index is 0.232. The lowest BCUT2D eigenvalue weighted by Gasteiger charge is -2.28. The van der Waals surface area contributed by atoms with Crippen LogP contribution in [0.2, 0.25) is 0 Å². The van der Waals surface area contributed by atoms with E-state index < -0.39 is 0 Å². The second-order valence-corrected chi connectivity index (χ2v) is 5.48. The zero-order valence-electron chi connectivity index (χ0n) is 12.8. The molecular weight excluding hydrogens is 248 g/mol. The molecule has 0 amide bonds. The zero-order chi connectivity index (χ0) is 14.7. The quantitative estimate of drug-likeness (QED) is 0.907. The minimum Gasteiger partial charge on any atom is -0.329 e. The summed E-state index contributed by atoms with van der Waals surface area (Å²) in [6, 6.07) is 6.67. The van der Waals surface area contributed by atoms with Crippen LogP contribution in [0.3, 0.4) is 0 Å². The molecule has 0 saturated carbocycles. The lowest BCUT2D eigenvalue weighted by atomic mass is 9.96. The van der Waals surface area contributed by atoms with E-state index in [1.807, 2.05) is 24.1 Å². The van der Waals surface area contributed by atoms with Crippen molar-refractivity contribution < 1.29 is 0 Å². The Morgan fingerprint density at radius 1 is 1.35 bits per heavy atom. The molecule has 0 bridgehead atoms. The summed E-state index contributed by atoms with van der Waals surface area (Å²) in [5, 5.41) is 4.22. The van der Waals surface area contributed by atoms with Gasteiger partial charge in [0.05, 0.1) is 6.20 Å². The third-order valence-corrected chi connectivity index (χ3v) is 3.95. The van der Waals surface area contributed by atoms with Gasteiger partial charge in [0.1, 0.15) is 0 Å². The molecule has 0 aliphatic rings. The lowest BCUT2D eigenvalue weighted by molar-refractivity contribution is 0.241. The summed E-state index contributed by atoms with van der Waals surface area (Å²) < 4.78 is 1.83. The molecule has 0 fully saturated rings. The van der Waals surface area contributed by atoms with Crippen LogP contribution < -0.4 is 5.73 Å². The van der Waals surface area contributed by atoms with Crippen molar-refractivity contribution in [3.8, 4) is 0 Å². The average Bonchev–Trinajstić information content (AvgIpc) is 2.81. The highest BCUT2D eigenvalue weighted by atomic mass is 15.2. The van der Waals surface area contributed by atoms with Crippen molar-refractivity contribution in [1.82, 2.24) is 14.7 Å². The molecule has 0 saturated heterocycles. The van der Waals surface area contributed by atoms with Crippen molar-refractivity contribution in [2.24, 2.45) is 12.8 Å². The first-order valence-electron chi connectivity index (χ1n) is 6.97. The second-order valence-electron chi connectivity index (χ2n) is 5.48. The summed E-state index contributed by atoms with van der Waals surface area (Å²) in [5.74, 6) is 0. The Bertz CT molecular complexity index is 574. The highest BCUT2D eigenvalue weighted by molar-refractivity contribution is 5.35. The maximum absolute atomic E-state index is 6.02. The van der Waals surface area contributed by atoms with Gasteiger partial charge >= 0.3 is 0 Å². The molecule has 1 unspecified atom stereocenters. The van der Waals surface area contributed by atoms with Crippen molar-refractivity contribution in [1.29, 1.82) is 0 Å². The third-order valence-electron chi connectivity index (χ3n) is 3.95. The smallest absolute Gasteiger partial charge is 0.0534 e. The molecule has 2 N–H and O–H groups in total. The average molecular weight is 272 g/mol. The highest BCUT2D eigenvalue weighted by Gasteiger charge is 2.18. The van der Waals surface area contributed by atoms with Gasteiger partial charge in [0.2, 0.25) is 0 Å². The first-order valence-corrected chi connectivity index (χ1v) is 6.97. The van der Waals surface area contributed by atoms with Crippen LogP contribution in [0.15, 0.2) is 30.6 Å². The molecule has 108 valence electrons. The number of nitrogens with two attached hydrogens (primary N) is 1. The van der Waals surface area contributed by atoms with E-state index in [0.717, 1.165) is 6.54 Å². The lowest BCUT2D eigenvalue weighted by Crippen LogP contribution is -2.30. The van der Waals surface area contributed by atoms with Crippen LogP contribution >= 0.6 is 0 Å². The number of aromatic nitrogens is 2. The van der Waals surface area contributed by atoms with E-state index in [-0.39, 0.29) is 6.04 Å². The molecule has 1 aromatic heterocycles. The fourth-order valence-corrected chi connectivity index (χ4v) is 2.63. The van der Waals surface area contributed by atoms with Gasteiger partial charge < -0.3 is 5.73 Å². The van der Waals surface area contributed by atoms with Gasteiger partial charge in [0.15, 0.2) is 0 Å². The summed E-state index contributed by atoms with van der Waals surface area (Å²) in [5.41, 5.74) is 11.2. The van der Waals surface area contributed by atoms with Gasteiger partial charge in [-0.3, -0.25) is 9.58 Å². The molecule has 0 aliphatic heterocycles. The second kappa shape index (κ2) is 6.20. The standard InChI is InChI=1S/C16H24N4/c1-12-6-5-7-15(13(12)2)16(8-17)19(3)10-14-9-18-20(4)11-14/h5-7,9,11,16H,8,10,17H2,1-4H3. The van der Waals surface area contributed by atoms with E-state index in [1.54, 1.807) is 0 Å². The maximum atomic E-state index is 6.02. The summed E-state index contributed by atoms with van der Waals surface area (Å²) in [4.78, 5) is 2.29. The number of likely N-dealkylation sites (N-methyl/N-ethyl adjacent to an activating group) is 1. The molecule has 2 rings (SSSR count). The minimum absolute atomic E-state index is 0.232. The van der Waals surface area contributed by atoms with Gasteiger partial charge in [-0.25, -0.2) is 0 Å². The van der Waals surface area contributed by atoms with Crippen LogP contribution in [0, 0.1) is 13.8 Å². The number of nitrogens with zero attached hydrogens (tertiary/aromatic N) is 3. The Balaban J connectivity index is 2.20. The Hall–Kier alpha value is -1.65. The summed E-state index contributed by atoms with van der Waals surface area (Å²) in [7, 11) is 4.06. The Morgan fingerprint density at radius 3 is 2.70 bits per heavy atom. The van der Waals surface area contributed by atoms with Crippen molar-refractivity contribution in [3.63, 3.8) is 0 Å². The highest BCUT2D eigenvalue weighted by Crippen LogP contribution is 2.25. The third kappa shape index (κ3) is 3.08. The summed E-state index contributed by atoms with van der Waals surface area (Å²) in [6.45, 7) is 5.78. The molecule has 0 spiro atoms. The van der Waals surface area contributed by atoms with E-state index in [1.165, 1.54) is 22.3 Å².